The molecule has 18 heavy (non-hydrogen) atoms. The second kappa shape index (κ2) is 6.35. The second-order valence-electron chi connectivity index (χ2n) is 4.52. The molecule has 1 atom stereocenters. The Bertz CT molecular complexity index is 403. The van der Waals surface area contributed by atoms with Crippen LogP contribution in [0.1, 0.15) is 29.6 Å². The quantitative estimate of drug-likeness (QED) is 0.773. The molecule has 1 fully saturated rings. The zero-order valence-electron chi connectivity index (χ0n) is 10.3. The topological polar surface area (TPSA) is 71.5 Å². The van der Waals surface area contributed by atoms with Crippen LogP contribution in [0.15, 0.2) is 18.5 Å². The van der Waals surface area contributed by atoms with Gasteiger partial charge in [-0.25, -0.2) is 0 Å². The number of rotatable bonds is 5. The Morgan fingerprint density at radius 3 is 3.22 bits per heavy atom. The van der Waals surface area contributed by atoms with Crippen molar-refractivity contribution in [3.05, 3.63) is 24.0 Å². The summed E-state index contributed by atoms with van der Waals surface area (Å²) >= 11 is 0. The molecule has 1 amide bonds. The molecule has 0 bridgehead atoms. The average molecular weight is 250 g/mol. The number of amides is 1. The van der Waals surface area contributed by atoms with E-state index in [9.17, 15) is 9.90 Å². The van der Waals surface area contributed by atoms with Crippen molar-refractivity contribution in [3.63, 3.8) is 0 Å². The molecule has 5 nitrogen and oxygen atoms in total. The largest absolute Gasteiger partial charge is 0.505 e. The first-order chi connectivity index (χ1) is 8.77. The van der Waals surface area contributed by atoms with Crippen LogP contribution in [0.3, 0.4) is 0 Å². The minimum Gasteiger partial charge on any atom is -0.505 e. The molecule has 0 spiro atoms. The van der Waals surface area contributed by atoms with Gasteiger partial charge in [-0.05, 0) is 31.2 Å². The van der Waals surface area contributed by atoms with Crippen molar-refractivity contribution in [2.24, 2.45) is 5.92 Å². The smallest absolute Gasteiger partial charge is 0.255 e. The highest BCUT2D eigenvalue weighted by Crippen LogP contribution is 2.17. The maximum atomic E-state index is 11.7. The van der Waals surface area contributed by atoms with Crippen molar-refractivity contribution in [3.8, 4) is 5.75 Å². The molecule has 0 saturated carbocycles. The maximum Gasteiger partial charge on any atom is 0.255 e. The molecule has 98 valence electrons. The van der Waals surface area contributed by atoms with Crippen LogP contribution < -0.4 is 5.32 Å². The van der Waals surface area contributed by atoms with Crippen molar-refractivity contribution in [1.29, 1.82) is 0 Å². The Balaban J connectivity index is 1.70. The Kier molecular flexibility index (Phi) is 4.52. The Labute approximate surface area is 106 Å². The van der Waals surface area contributed by atoms with E-state index in [4.69, 9.17) is 4.74 Å². The number of pyridine rings is 1. The van der Waals surface area contributed by atoms with E-state index in [0.29, 0.717) is 12.5 Å². The average Bonchev–Trinajstić information content (AvgIpc) is 2.88. The summed E-state index contributed by atoms with van der Waals surface area (Å²) < 4.78 is 5.29. The Hall–Kier alpha value is -1.62. The van der Waals surface area contributed by atoms with Gasteiger partial charge < -0.3 is 15.2 Å². The van der Waals surface area contributed by atoms with E-state index in [1.807, 2.05) is 0 Å². The zero-order valence-corrected chi connectivity index (χ0v) is 10.3. The van der Waals surface area contributed by atoms with E-state index in [1.54, 1.807) is 0 Å². The highest BCUT2D eigenvalue weighted by Gasteiger charge is 2.15. The Morgan fingerprint density at radius 2 is 2.50 bits per heavy atom. The predicted octanol–water partition coefficient (Wildman–Crippen LogP) is 1.33. The fourth-order valence-corrected chi connectivity index (χ4v) is 2.08. The number of hydrogen-bond donors (Lipinski definition) is 2. The third kappa shape index (κ3) is 3.43. The summed E-state index contributed by atoms with van der Waals surface area (Å²) in [7, 11) is 0. The molecule has 5 heteroatoms. The van der Waals surface area contributed by atoms with E-state index in [2.05, 4.69) is 10.3 Å². The van der Waals surface area contributed by atoms with Gasteiger partial charge in [-0.2, -0.15) is 0 Å². The van der Waals surface area contributed by atoms with E-state index in [1.165, 1.54) is 18.5 Å². The standard InChI is InChI=1S/C13H18N2O3/c16-12-8-14-6-3-11(12)13(17)15-5-1-2-10-4-7-18-9-10/h3,6,8,10,16H,1-2,4-5,7,9H2,(H,15,17)/t10-/m0/s1. The lowest BCUT2D eigenvalue weighted by atomic mass is 10.0. The lowest BCUT2D eigenvalue weighted by Gasteiger charge is -2.08. The van der Waals surface area contributed by atoms with Crippen LogP contribution in [-0.4, -0.2) is 35.8 Å². The number of ether oxygens (including phenoxy) is 1. The molecule has 1 aliphatic heterocycles. The summed E-state index contributed by atoms with van der Waals surface area (Å²) in [5.41, 5.74) is 0.272. The van der Waals surface area contributed by atoms with Crippen LogP contribution >= 0.6 is 0 Å². The number of nitrogens with one attached hydrogen (secondary N) is 1. The maximum absolute atomic E-state index is 11.7. The molecule has 0 unspecified atom stereocenters. The van der Waals surface area contributed by atoms with Crippen LogP contribution in [0, 0.1) is 5.92 Å². The minimum absolute atomic E-state index is 0.0841. The van der Waals surface area contributed by atoms with Gasteiger partial charge in [0.15, 0.2) is 0 Å². The molecule has 1 saturated heterocycles. The summed E-state index contributed by atoms with van der Waals surface area (Å²) in [6.07, 6.45) is 5.89. The fraction of sp³-hybridized carbons (Fsp3) is 0.538. The van der Waals surface area contributed by atoms with E-state index < -0.39 is 0 Å². The molecule has 0 aromatic carbocycles. The number of nitrogens with zero attached hydrogens (tertiary/aromatic N) is 1. The first-order valence-electron chi connectivity index (χ1n) is 6.26. The molecule has 1 aromatic heterocycles. The van der Waals surface area contributed by atoms with Crippen molar-refractivity contribution in [2.45, 2.75) is 19.3 Å². The van der Waals surface area contributed by atoms with Crippen molar-refractivity contribution in [2.75, 3.05) is 19.8 Å². The lowest BCUT2D eigenvalue weighted by Crippen LogP contribution is -2.25. The van der Waals surface area contributed by atoms with Crippen LogP contribution in [0.25, 0.3) is 0 Å². The number of hydrogen-bond acceptors (Lipinski definition) is 4. The molecule has 1 aliphatic rings. The summed E-state index contributed by atoms with van der Waals surface area (Å²) in [5.74, 6) is 0.299. The molecule has 2 rings (SSSR count). The normalized spacial score (nSPS) is 18.8. The summed E-state index contributed by atoms with van der Waals surface area (Å²) in [6, 6.07) is 1.51. The number of aromatic hydroxyl groups is 1. The van der Waals surface area contributed by atoms with Crippen LogP contribution in [0.2, 0.25) is 0 Å². The highest BCUT2D eigenvalue weighted by atomic mass is 16.5. The fourth-order valence-electron chi connectivity index (χ4n) is 2.08. The number of carbonyl (C=O) groups is 1. The lowest BCUT2D eigenvalue weighted by molar-refractivity contribution is 0.0949. The molecule has 0 aliphatic carbocycles. The SMILES string of the molecule is O=C(NCCC[C@H]1CCOC1)c1ccncc1O. The molecule has 2 heterocycles. The number of aromatic nitrogens is 1. The summed E-state index contributed by atoms with van der Waals surface area (Å²) in [6.45, 7) is 2.33. The van der Waals surface area contributed by atoms with E-state index in [0.717, 1.165) is 32.5 Å². The summed E-state index contributed by atoms with van der Waals surface area (Å²) in [5, 5.41) is 12.3. The van der Waals surface area contributed by atoms with Gasteiger partial charge in [0.05, 0.1) is 11.8 Å². The monoisotopic (exact) mass is 250 g/mol. The van der Waals surface area contributed by atoms with Crippen LogP contribution in [0.5, 0.6) is 5.75 Å². The third-order valence-corrected chi connectivity index (χ3v) is 3.14. The van der Waals surface area contributed by atoms with Gasteiger partial charge in [-0.3, -0.25) is 9.78 Å². The third-order valence-electron chi connectivity index (χ3n) is 3.14. The minimum atomic E-state index is -0.252. The van der Waals surface area contributed by atoms with Gasteiger partial charge in [-0.15, -0.1) is 0 Å². The predicted molar refractivity (Wildman–Crippen MR) is 66.4 cm³/mol. The van der Waals surface area contributed by atoms with Gasteiger partial charge in [0.1, 0.15) is 5.75 Å². The molecule has 2 N–H and O–H groups in total. The van der Waals surface area contributed by atoms with Crippen molar-refractivity contribution < 1.29 is 14.6 Å². The van der Waals surface area contributed by atoms with E-state index >= 15 is 0 Å². The van der Waals surface area contributed by atoms with Gasteiger partial charge in [0.2, 0.25) is 0 Å². The Morgan fingerprint density at radius 1 is 1.61 bits per heavy atom. The summed E-state index contributed by atoms with van der Waals surface area (Å²) in [4.78, 5) is 15.5. The van der Waals surface area contributed by atoms with Crippen molar-refractivity contribution >= 4 is 5.91 Å². The molecular weight excluding hydrogens is 232 g/mol. The van der Waals surface area contributed by atoms with Gasteiger partial charge in [0.25, 0.3) is 5.91 Å². The van der Waals surface area contributed by atoms with Gasteiger partial charge in [0, 0.05) is 26.0 Å². The second-order valence-corrected chi connectivity index (χ2v) is 4.52. The molecule has 1 aromatic rings. The van der Waals surface area contributed by atoms with Crippen molar-refractivity contribution in [1.82, 2.24) is 10.3 Å². The van der Waals surface area contributed by atoms with Gasteiger partial charge >= 0.3 is 0 Å². The molecular formula is C13H18N2O3. The number of carbonyl (C=O) groups excluding carboxylic acids is 1. The van der Waals surface area contributed by atoms with Crippen LogP contribution in [-0.2, 0) is 4.74 Å². The zero-order chi connectivity index (χ0) is 12.8. The molecule has 0 radical (unpaired) electrons. The first-order valence-corrected chi connectivity index (χ1v) is 6.26. The van der Waals surface area contributed by atoms with E-state index in [-0.39, 0.29) is 17.2 Å². The van der Waals surface area contributed by atoms with Crippen LogP contribution in [0.4, 0.5) is 0 Å². The van der Waals surface area contributed by atoms with Gasteiger partial charge in [-0.1, -0.05) is 0 Å². The highest BCUT2D eigenvalue weighted by molar-refractivity contribution is 5.96. The first kappa shape index (κ1) is 12.8.